The summed E-state index contributed by atoms with van der Waals surface area (Å²) in [4.78, 5) is 24.9. The van der Waals surface area contributed by atoms with Gasteiger partial charge < -0.3 is 21.5 Å². The number of amides is 2. The molecular weight excluding hydrogens is 333 g/mol. The van der Waals surface area contributed by atoms with Gasteiger partial charge in [-0.15, -0.1) is 0 Å². The molecule has 0 spiro atoms. The van der Waals surface area contributed by atoms with Crippen LogP contribution in [-0.4, -0.2) is 40.5 Å². The van der Waals surface area contributed by atoms with Crippen molar-refractivity contribution in [1.82, 2.24) is 4.90 Å². The number of anilines is 1. The molecule has 8 heteroatoms. The van der Waals surface area contributed by atoms with E-state index in [2.05, 4.69) is 15.9 Å². The summed E-state index contributed by atoms with van der Waals surface area (Å²) in [5.74, 6) is -1.88. The van der Waals surface area contributed by atoms with E-state index in [1.807, 2.05) is 0 Å². The second-order valence-corrected chi connectivity index (χ2v) is 5.47. The molecule has 1 aromatic rings. The number of likely N-dealkylation sites (tertiary alicyclic amines) is 1. The number of nitrogens with zero attached hydrogens (tertiary/aromatic N) is 1. The Morgan fingerprint density at radius 1 is 1.45 bits per heavy atom. The summed E-state index contributed by atoms with van der Waals surface area (Å²) in [6.45, 7) is -0.00381. The fraction of sp³-hybridized carbons (Fsp3) is 0.333. The van der Waals surface area contributed by atoms with Crippen LogP contribution in [0.1, 0.15) is 16.8 Å². The Labute approximate surface area is 122 Å². The molecule has 0 saturated carbocycles. The van der Waals surface area contributed by atoms with Gasteiger partial charge in [-0.2, -0.15) is 0 Å². The van der Waals surface area contributed by atoms with Gasteiger partial charge in [-0.05, 0) is 28.1 Å². The molecule has 20 heavy (non-hydrogen) atoms. The van der Waals surface area contributed by atoms with E-state index in [1.165, 1.54) is 11.0 Å². The zero-order valence-electron chi connectivity index (χ0n) is 10.3. The summed E-state index contributed by atoms with van der Waals surface area (Å²) < 4.78 is 13.5. The van der Waals surface area contributed by atoms with E-state index >= 15 is 0 Å². The fourth-order valence-corrected chi connectivity index (χ4v) is 2.68. The molecule has 1 fully saturated rings. The lowest BCUT2D eigenvalue weighted by molar-refractivity contribution is -0.121. The van der Waals surface area contributed by atoms with Crippen LogP contribution in [0.5, 0.6) is 0 Å². The number of halogens is 2. The zero-order valence-corrected chi connectivity index (χ0v) is 11.9. The molecule has 2 amide bonds. The first-order valence-corrected chi connectivity index (χ1v) is 6.63. The molecule has 0 bridgehead atoms. The quantitative estimate of drug-likeness (QED) is 0.666. The number of benzene rings is 1. The van der Waals surface area contributed by atoms with Crippen LogP contribution in [0, 0.1) is 5.82 Å². The van der Waals surface area contributed by atoms with Crippen molar-refractivity contribution in [1.29, 1.82) is 0 Å². The SMILES string of the molecule is NC(=O)C1CC(O)CN1C(=O)c1cc(N)c(F)cc1Br. The van der Waals surface area contributed by atoms with E-state index in [1.54, 1.807) is 0 Å². The Balaban J connectivity index is 2.36. The van der Waals surface area contributed by atoms with Crippen LogP contribution in [0.3, 0.4) is 0 Å². The number of nitrogens with two attached hydrogens (primary N) is 2. The third-order valence-electron chi connectivity index (χ3n) is 3.19. The molecule has 1 aliphatic heterocycles. The number of β-amino-alcohol motifs (C(OH)–C–C–N with tert-alkyl or cyclic N) is 1. The van der Waals surface area contributed by atoms with Crippen molar-refractivity contribution in [2.45, 2.75) is 18.6 Å². The minimum Gasteiger partial charge on any atom is -0.396 e. The van der Waals surface area contributed by atoms with Crippen molar-refractivity contribution in [3.05, 3.63) is 28.0 Å². The number of hydrogen-bond donors (Lipinski definition) is 3. The Morgan fingerprint density at radius 2 is 2.10 bits per heavy atom. The third-order valence-corrected chi connectivity index (χ3v) is 3.84. The van der Waals surface area contributed by atoms with Crippen LogP contribution in [0.4, 0.5) is 10.1 Å². The molecule has 0 aliphatic carbocycles. The highest BCUT2D eigenvalue weighted by molar-refractivity contribution is 9.10. The minimum atomic E-state index is -0.879. The summed E-state index contributed by atoms with van der Waals surface area (Å²) in [6.07, 6.45) is -0.719. The van der Waals surface area contributed by atoms with Gasteiger partial charge >= 0.3 is 0 Å². The lowest BCUT2D eigenvalue weighted by Crippen LogP contribution is -2.43. The van der Waals surface area contributed by atoms with Crippen LogP contribution < -0.4 is 11.5 Å². The monoisotopic (exact) mass is 345 g/mol. The van der Waals surface area contributed by atoms with Gasteiger partial charge in [-0.3, -0.25) is 9.59 Å². The van der Waals surface area contributed by atoms with E-state index in [-0.39, 0.29) is 28.7 Å². The highest BCUT2D eigenvalue weighted by Gasteiger charge is 2.38. The normalized spacial score (nSPS) is 22.1. The van der Waals surface area contributed by atoms with Gasteiger partial charge in [0, 0.05) is 17.4 Å². The van der Waals surface area contributed by atoms with Gasteiger partial charge in [0.05, 0.1) is 17.4 Å². The summed E-state index contributed by atoms with van der Waals surface area (Å²) in [5, 5.41) is 9.58. The average Bonchev–Trinajstić information content (AvgIpc) is 2.75. The van der Waals surface area contributed by atoms with Crippen molar-refractivity contribution in [2.75, 3.05) is 12.3 Å². The lowest BCUT2D eigenvalue weighted by Gasteiger charge is -2.22. The van der Waals surface area contributed by atoms with Crippen molar-refractivity contribution in [2.24, 2.45) is 5.73 Å². The van der Waals surface area contributed by atoms with Crippen molar-refractivity contribution in [3.63, 3.8) is 0 Å². The molecule has 1 saturated heterocycles. The number of primary amides is 1. The van der Waals surface area contributed by atoms with Crippen LogP contribution >= 0.6 is 15.9 Å². The van der Waals surface area contributed by atoms with Crippen molar-refractivity contribution < 1.29 is 19.1 Å². The number of carbonyl (C=O) groups is 2. The van der Waals surface area contributed by atoms with Crippen LogP contribution in [0.2, 0.25) is 0 Å². The van der Waals surface area contributed by atoms with Crippen LogP contribution in [0.25, 0.3) is 0 Å². The smallest absolute Gasteiger partial charge is 0.255 e. The van der Waals surface area contributed by atoms with Crippen LogP contribution in [0.15, 0.2) is 16.6 Å². The second-order valence-electron chi connectivity index (χ2n) is 4.62. The van der Waals surface area contributed by atoms with Crippen molar-refractivity contribution >= 4 is 33.4 Å². The minimum absolute atomic E-state index is 0.00381. The second kappa shape index (κ2) is 5.37. The van der Waals surface area contributed by atoms with Crippen molar-refractivity contribution in [3.8, 4) is 0 Å². The first-order chi connectivity index (χ1) is 9.31. The Kier molecular flexibility index (Phi) is 3.96. The maximum atomic E-state index is 13.3. The molecule has 0 radical (unpaired) electrons. The molecule has 5 N–H and O–H groups in total. The number of hydrogen-bond acceptors (Lipinski definition) is 4. The topological polar surface area (TPSA) is 110 Å². The van der Waals surface area contributed by atoms with Gasteiger partial charge in [0.25, 0.3) is 5.91 Å². The molecule has 1 heterocycles. The first-order valence-electron chi connectivity index (χ1n) is 5.84. The summed E-state index contributed by atoms with van der Waals surface area (Å²) >= 11 is 3.08. The number of aliphatic hydroxyl groups is 1. The highest BCUT2D eigenvalue weighted by atomic mass is 79.9. The Hall–Kier alpha value is -1.67. The summed E-state index contributed by atoms with van der Waals surface area (Å²) in [5.41, 5.74) is 10.6. The zero-order chi connectivity index (χ0) is 15.0. The number of carbonyl (C=O) groups excluding carboxylic acids is 2. The first kappa shape index (κ1) is 14.7. The Morgan fingerprint density at radius 3 is 2.70 bits per heavy atom. The van der Waals surface area contributed by atoms with E-state index in [4.69, 9.17) is 11.5 Å². The molecule has 2 atom stereocenters. The molecule has 6 nitrogen and oxygen atoms in total. The highest BCUT2D eigenvalue weighted by Crippen LogP contribution is 2.27. The lowest BCUT2D eigenvalue weighted by atomic mass is 10.1. The van der Waals surface area contributed by atoms with Gasteiger partial charge in [0.1, 0.15) is 11.9 Å². The van der Waals surface area contributed by atoms with E-state index in [9.17, 15) is 19.1 Å². The van der Waals surface area contributed by atoms with E-state index in [0.717, 1.165) is 6.07 Å². The van der Waals surface area contributed by atoms with E-state index < -0.39 is 29.8 Å². The standard InChI is InChI=1S/C12H13BrFN3O3/c13-7-3-8(14)9(15)2-6(7)12(20)17-4-5(18)1-10(17)11(16)19/h2-3,5,10,18H,1,4,15H2,(H2,16,19). The molecule has 1 aliphatic rings. The van der Waals surface area contributed by atoms with Crippen LogP contribution in [-0.2, 0) is 4.79 Å². The molecule has 108 valence electrons. The van der Waals surface area contributed by atoms with Gasteiger partial charge in [-0.25, -0.2) is 4.39 Å². The third kappa shape index (κ3) is 2.61. The number of aliphatic hydroxyl groups excluding tert-OH is 1. The molecule has 2 unspecified atom stereocenters. The molecule has 1 aromatic carbocycles. The van der Waals surface area contributed by atoms with Gasteiger partial charge in [0.15, 0.2) is 0 Å². The number of rotatable bonds is 2. The van der Waals surface area contributed by atoms with Gasteiger partial charge in [-0.1, -0.05) is 0 Å². The number of nitrogen functional groups attached to an aromatic ring is 1. The summed E-state index contributed by atoms with van der Waals surface area (Å²) in [6, 6.07) is 1.38. The Bertz CT molecular complexity index is 581. The predicted octanol–water partition coefficient (Wildman–Crippen LogP) is 0.231. The predicted molar refractivity (Wildman–Crippen MR) is 73.2 cm³/mol. The van der Waals surface area contributed by atoms with Gasteiger partial charge in [0.2, 0.25) is 5.91 Å². The van der Waals surface area contributed by atoms with E-state index in [0.29, 0.717) is 0 Å². The average molecular weight is 346 g/mol. The maximum Gasteiger partial charge on any atom is 0.255 e. The largest absolute Gasteiger partial charge is 0.396 e. The molecule has 2 rings (SSSR count). The fourth-order valence-electron chi connectivity index (χ4n) is 2.19. The molecule has 0 aromatic heterocycles. The molecular formula is C12H13BrFN3O3. The summed E-state index contributed by atoms with van der Waals surface area (Å²) in [7, 11) is 0. The maximum absolute atomic E-state index is 13.3.